The lowest BCUT2D eigenvalue weighted by molar-refractivity contribution is -0.130. The summed E-state index contributed by atoms with van der Waals surface area (Å²) >= 11 is 1.19. The van der Waals surface area contributed by atoms with Crippen LogP contribution < -0.4 is 5.56 Å². The van der Waals surface area contributed by atoms with Crippen LogP contribution in [0.1, 0.15) is 32.4 Å². The van der Waals surface area contributed by atoms with Gasteiger partial charge in [0.15, 0.2) is 15.0 Å². The third-order valence-corrected chi connectivity index (χ3v) is 6.74. The lowest BCUT2D eigenvalue weighted by atomic mass is 10.2. The van der Waals surface area contributed by atoms with Crippen molar-refractivity contribution in [3.05, 3.63) is 22.1 Å². The molecule has 7 nitrogen and oxygen atoms in total. The summed E-state index contributed by atoms with van der Waals surface area (Å²) in [6, 6.07) is 1.19. The van der Waals surface area contributed by atoms with E-state index in [9.17, 15) is 18.0 Å². The largest absolute Gasteiger partial charge is 0.341 e. The molecule has 0 spiro atoms. The maximum Gasteiger partial charge on any atom is 0.251 e. The van der Waals surface area contributed by atoms with E-state index < -0.39 is 15.1 Å². The van der Waals surface area contributed by atoms with Crippen molar-refractivity contribution in [3.63, 3.8) is 0 Å². The van der Waals surface area contributed by atoms with E-state index in [1.807, 2.05) is 6.92 Å². The lowest BCUT2D eigenvalue weighted by Gasteiger charge is -2.26. The second-order valence-corrected chi connectivity index (χ2v) is 9.62. The van der Waals surface area contributed by atoms with E-state index in [0.717, 1.165) is 6.42 Å². The molecule has 0 aromatic carbocycles. The Bertz CT molecular complexity index is 760. The number of H-pyrrole nitrogens is 1. The molecular weight excluding hydrogens is 350 g/mol. The summed E-state index contributed by atoms with van der Waals surface area (Å²) in [7, 11) is -1.40. The molecule has 1 aliphatic heterocycles. The molecule has 0 aliphatic carbocycles. The van der Waals surface area contributed by atoms with Crippen molar-refractivity contribution in [2.75, 3.05) is 18.6 Å². The van der Waals surface area contributed by atoms with Gasteiger partial charge in [-0.2, -0.15) is 0 Å². The minimum absolute atomic E-state index is 0.0215. The van der Waals surface area contributed by atoms with Crippen molar-refractivity contribution >= 4 is 27.5 Å². The molecule has 134 valence electrons. The summed E-state index contributed by atoms with van der Waals surface area (Å²) < 4.78 is 23.1. The first-order chi connectivity index (χ1) is 11.2. The topological polar surface area (TPSA) is 100 Å². The van der Waals surface area contributed by atoms with Crippen LogP contribution in [-0.2, 0) is 21.1 Å². The maximum atomic E-state index is 12.5. The normalized spacial score (nSPS) is 20.7. The van der Waals surface area contributed by atoms with Gasteiger partial charge < -0.3 is 9.88 Å². The fourth-order valence-electron chi connectivity index (χ4n) is 2.69. The van der Waals surface area contributed by atoms with Gasteiger partial charge in [0.25, 0.3) is 5.56 Å². The number of aryl methyl sites for hydroxylation is 1. The van der Waals surface area contributed by atoms with Crippen LogP contribution in [0.4, 0.5) is 0 Å². The summed E-state index contributed by atoms with van der Waals surface area (Å²) in [5.41, 5.74) is 0.476. The van der Waals surface area contributed by atoms with Crippen LogP contribution in [0.3, 0.4) is 0 Å². The molecule has 0 radical (unpaired) electrons. The van der Waals surface area contributed by atoms with Crippen LogP contribution in [-0.4, -0.2) is 59.0 Å². The molecule has 1 N–H and O–H groups in total. The van der Waals surface area contributed by atoms with Crippen molar-refractivity contribution in [3.8, 4) is 0 Å². The minimum atomic E-state index is -3.04. The molecule has 1 amide bonds. The highest BCUT2D eigenvalue weighted by Gasteiger charge is 2.34. The van der Waals surface area contributed by atoms with Crippen molar-refractivity contribution < 1.29 is 13.2 Å². The smallest absolute Gasteiger partial charge is 0.251 e. The summed E-state index contributed by atoms with van der Waals surface area (Å²) in [4.78, 5) is 32.7. The Morgan fingerprint density at radius 3 is 2.83 bits per heavy atom. The zero-order valence-electron chi connectivity index (χ0n) is 14.1. The van der Waals surface area contributed by atoms with Gasteiger partial charge in [0.2, 0.25) is 5.91 Å². The molecule has 2 heterocycles. The van der Waals surface area contributed by atoms with Crippen LogP contribution in [0, 0.1) is 0 Å². The van der Waals surface area contributed by atoms with Crippen LogP contribution in [0.15, 0.2) is 16.0 Å². The standard InChI is InChI=1S/C15H23N3O4S2/c1-4-5-11-8-13(19)17-15(16-11)23-10(2)14(20)18(3)12-6-7-24(21,22)9-12/h8,10,12H,4-7,9H2,1-3H3,(H,16,17,19)/t10-,12+/m0/s1. The fraction of sp³-hybridized carbons (Fsp3) is 0.667. The number of sulfone groups is 1. The number of carbonyl (C=O) groups is 1. The Hall–Kier alpha value is -1.35. The third kappa shape index (κ3) is 4.83. The summed E-state index contributed by atoms with van der Waals surface area (Å²) in [6.45, 7) is 3.74. The van der Waals surface area contributed by atoms with Crippen LogP contribution >= 0.6 is 11.8 Å². The molecule has 1 aromatic rings. The SMILES string of the molecule is CCCc1cc(=O)[nH]c(S[C@@H](C)C(=O)N(C)[C@@H]2CCS(=O)(=O)C2)n1. The Morgan fingerprint density at radius 1 is 1.54 bits per heavy atom. The zero-order valence-corrected chi connectivity index (χ0v) is 15.7. The van der Waals surface area contributed by atoms with Gasteiger partial charge in [-0.15, -0.1) is 0 Å². The average Bonchev–Trinajstić information content (AvgIpc) is 2.85. The Kier molecular flexibility index (Phi) is 6.08. The van der Waals surface area contributed by atoms with E-state index in [1.165, 1.54) is 22.7 Å². The second kappa shape index (κ2) is 7.69. The molecular formula is C15H23N3O4S2. The predicted octanol–water partition coefficient (Wildman–Crippen LogP) is 0.849. The minimum Gasteiger partial charge on any atom is -0.341 e. The number of amides is 1. The van der Waals surface area contributed by atoms with E-state index >= 15 is 0 Å². The first-order valence-corrected chi connectivity index (χ1v) is 10.7. The van der Waals surface area contributed by atoms with Crippen LogP contribution in [0.2, 0.25) is 0 Å². The molecule has 2 atom stereocenters. The van der Waals surface area contributed by atoms with E-state index in [4.69, 9.17) is 0 Å². The van der Waals surface area contributed by atoms with Crippen LogP contribution in [0.25, 0.3) is 0 Å². The van der Waals surface area contributed by atoms with Crippen molar-refractivity contribution in [1.29, 1.82) is 0 Å². The highest BCUT2D eigenvalue weighted by Crippen LogP contribution is 2.23. The maximum absolute atomic E-state index is 12.5. The molecule has 1 aliphatic rings. The predicted molar refractivity (Wildman–Crippen MR) is 94.0 cm³/mol. The van der Waals surface area contributed by atoms with Gasteiger partial charge in [-0.3, -0.25) is 9.59 Å². The monoisotopic (exact) mass is 373 g/mol. The third-order valence-electron chi connectivity index (χ3n) is 4.02. The molecule has 1 fully saturated rings. The molecule has 0 unspecified atom stereocenters. The number of thioether (sulfide) groups is 1. The van der Waals surface area contributed by atoms with Crippen molar-refractivity contribution in [2.45, 2.75) is 49.6 Å². The summed E-state index contributed by atoms with van der Waals surface area (Å²) in [6.07, 6.45) is 2.07. The summed E-state index contributed by atoms with van der Waals surface area (Å²) in [5.74, 6) is -0.0102. The Labute approximate surface area is 146 Å². The first kappa shape index (κ1) is 19.0. The number of hydrogen-bond acceptors (Lipinski definition) is 6. The number of rotatable bonds is 6. The zero-order chi connectivity index (χ0) is 17.9. The average molecular weight is 374 g/mol. The van der Waals surface area contributed by atoms with Crippen LogP contribution in [0.5, 0.6) is 0 Å². The van der Waals surface area contributed by atoms with Gasteiger partial charge in [0, 0.05) is 24.8 Å². The number of nitrogens with one attached hydrogen (secondary N) is 1. The lowest BCUT2D eigenvalue weighted by Crippen LogP contribution is -2.41. The second-order valence-electron chi connectivity index (χ2n) is 6.06. The fourth-order valence-corrected chi connectivity index (χ4v) is 5.39. The quantitative estimate of drug-likeness (QED) is 0.586. The molecule has 2 rings (SSSR count). The number of hydrogen-bond donors (Lipinski definition) is 1. The van der Waals surface area contributed by atoms with Gasteiger partial charge in [-0.1, -0.05) is 25.1 Å². The molecule has 9 heteroatoms. The van der Waals surface area contributed by atoms with Gasteiger partial charge in [0.05, 0.1) is 16.8 Å². The van der Waals surface area contributed by atoms with Gasteiger partial charge in [-0.05, 0) is 19.8 Å². The van der Waals surface area contributed by atoms with E-state index in [-0.39, 0.29) is 29.0 Å². The highest BCUT2D eigenvalue weighted by molar-refractivity contribution is 8.00. The van der Waals surface area contributed by atoms with Crippen molar-refractivity contribution in [1.82, 2.24) is 14.9 Å². The number of aromatic nitrogens is 2. The van der Waals surface area contributed by atoms with E-state index in [0.29, 0.717) is 23.7 Å². The van der Waals surface area contributed by atoms with E-state index in [2.05, 4.69) is 9.97 Å². The van der Waals surface area contributed by atoms with Gasteiger partial charge in [-0.25, -0.2) is 13.4 Å². The number of carbonyl (C=O) groups excluding carboxylic acids is 1. The highest BCUT2D eigenvalue weighted by atomic mass is 32.2. The molecule has 0 saturated carbocycles. The van der Waals surface area contributed by atoms with Crippen molar-refractivity contribution in [2.24, 2.45) is 0 Å². The van der Waals surface area contributed by atoms with Gasteiger partial charge >= 0.3 is 0 Å². The van der Waals surface area contributed by atoms with Gasteiger partial charge in [0.1, 0.15) is 0 Å². The summed E-state index contributed by atoms with van der Waals surface area (Å²) in [5, 5.41) is -0.0439. The molecule has 24 heavy (non-hydrogen) atoms. The number of nitrogens with zero attached hydrogens (tertiary/aromatic N) is 2. The van der Waals surface area contributed by atoms with E-state index in [1.54, 1.807) is 14.0 Å². The first-order valence-electron chi connectivity index (χ1n) is 7.96. The molecule has 1 aromatic heterocycles. The molecule has 0 bridgehead atoms. The Morgan fingerprint density at radius 2 is 2.25 bits per heavy atom. The molecule has 1 saturated heterocycles. The number of aromatic amines is 1. The Balaban J connectivity index is 2.05.